The molecule has 2 aromatic rings. The van der Waals surface area contributed by atoms with Crippen LogP contribution < -0.4 is 13.9 Å². The van der Waals surface area contributed by atoms with Gasteiger partial charge in [0.15, 0.2) is 0 Å². The second-order valence-electron chi connectivity index (χ2n) is 6.12. The van der Waals surface area contributed by atoms with Gasteiger partial charge in [0.2, 0.25) is 15.9 Å². The molecule has 1 aliphatic rings. The van der Waals surface area contributed by atoms with E-state index >= 15 is 0 Å². The minimum atomic E-state index is -3.62. The molecule has 1 aliphatic heterocycles. The van der Waals surface area contributed by atoms with E-state index in [0.717, 1.165) is 28.2 Å². The molecule has 7 heteroatoms. The first-order valence-electron chi connectivity index (χ1n) is 8.49. The second-order valence-corrected chi connectivity index (χ2v) is 8.03. The van der Waals surface area contributed by atoms with Crippen molar-refractivity contribution in [1.82, 2.24) is 0 Å². The Morgan fingerprint density at radius 1 is 1.19 bits per heavy atom. The normalized spacial score (nSPS) is 13.4. The van der Waals surface area contributed by atoms with E-state index in [9.17, 15) is 13.2 Å². The van der Waals surface area contributed by atoms with Crippen LogP contribution in [0, 0.1) is 0 Å². The van der Waals surface area contributed by atoms with Crippen LogP contribution in [0.25, 0.3) is 0 Å². The molecular weight excluding hydrogens is 352 g/mol. The van der Waals surface area contributed by atoms with E-state index in [-0.39, 0.29) is 12.5 Å². The molecule has 0 saturated heterocycles. The van der Waals surface area contributed by atoms with Gasteiger partial charge in [-0.25, -0.2) is 8.42 Å². The summed E-state index contributed by atoms with van der Waals surface area (Å²) >= 11 is 0. The summed E-state index contributed by atoms with van der Waals surface area (Å²) in [5.41, 5.74) is 2.37. The monoisotopic (exact) mass is 374 g/mol. The predicted molar refractivity (Wildman–Crippen MR) is 102 cm³/mol. The molecule has 0 fully saturated rings. The van der Waals surface area contributed by atoms with Crippen LogP contribution in [-0.2, 0) is 21.2 Å². The van der Waals surface area contributed by atoms with Crippen molar-refractivity contribution >= 4 is 27.3 Å². The zero-order valence-corrected chi connectivity index (χ0v) is 15.7. The molecule has 0 bridgehead atoms. The average molecular weight is 374 g/mol. The Bertz CT molecular complexity index is 911. The van der Waals surface area contributed by atoms with Crippen molar-refractivity contribution in [3.8, 4) is 5.75 Å². The fourth-order valence-electron chi connectivity index (χ4n) is 3.10. The predicted octanol–water partition coefficient (Wildman–Crippen LogP) is 2.44. The zero-order valence-electron chi connectivity index (χ0n) is 14.9. The molecule has 0 saturated carbocycles. The summed E-state index contributed by atoms with van der Waals surface area (Å²) in [6.45, 7) is 2.65. The minimum absolute atomic E-state index is 0.247. The quantitative estimate of drug-likeness (QED) is 0.779. The Balaban J connectivity index is 1.86. The topological polar surface area (TPSA) is 66.9 Å². The molecule has 0 unspecified atom stereocenters. The first kappa shape index (κ1) is 18.3. The number of sulfonamides is 1. The van der Waals surface area contributed by atoms with Gasteiger partial charge in [-0.05, 0) is 37.1 Å². The summed E-state index contributed by atoms with van der Waals surface area (Å²) in [5.74, 6) is 0.319. The van der Waals surface area contributed by atoms with Crippen LogP contribution in [0.1, 0.15) is 12.5 Å². The summed E-state index contributed by atoms with van der Waals surface area (Å²) in [6, 6.07) is 14.5. The van der Waals surface area contributed by atoms with Gasteiger partial charge in [-0.3, -0.25) is 9.10 Å². The molecule has 6 nitrogen and oxygen atoms in total. The van der Waals surface area contributed by atoms with Crippen molar-refractivity contribution in [2.24, 2.45) is 0 Å². The molecule has 0 aromatic heterocycles. The lowest BCUT2D eigenvalue weighted by atomic mass is 10.2. The number of fused-ring (bicyclic) bond motifs is 1. The number of rotatable bonds is 6. The fraction of sp³-hybridized carbons (Fsp3) is 0.316. The van der Waals surface area contributed by atoms with Gasteiger partial charge in [-0.2, -0.15) is 0 Å². The average Bonchev–Trinajstić information content (AvgIpc) is 3.03. The van der Waals surface area contributed by atoms with E-state index in [0.29, 0.717) is 24.6 Å². The molecule has 0 N–H and O–H groups in total. The highest BCUT2D eigenvalue weighted by Gasteiger charge is 2.28. The number of carbonyl (C=O) groups excluding carboxylic acids is 1. The molecule has 26 heavy (non-hydrogen) atoms. The van der Waals surface area contributed by atoms with Crippen molar-refractivity contribution in [1.29, 1.82) is 0 Å². The van der Waals surface area contributed by atoms with Crippen LogP contribution in [0.2, 0.25) is 0 Å². The third kappa shape index (κ3) is 3.83. The van der Waals surface area contributed by atoms with E-state index in [4.69, 9.17) is 4.74 Å². The number of benzene rings is 2. The van der Waals surface area contributed by atoms with Gasteiger partial charge in [0, 0.05) is 18.3 Å². The standard InChI is InChI=1S/C19H22N2O4S/c1-3-25-17-9-6-8-16(13-17)21(26(2,23)24)14-19(22)20-12-11-15-7-4-5-10-18(15)20/h4-10,13H,3,11-12,14H2,1-2H3. The highest BCUT2D eigenvalue weighted by molar-refractivity contribution is 7.92. The van der Waals surface area contributed by atoms with Crippen LogP contribution >= 0.6 is 0 Å². The molecule has 3 rings (SSSR count). The Hall–Kier alpha value is -2.54. The number of para-hydroxylation sites is 1. The van der Waals surface area contributed by atoms with Gasteiger partial charge in [0.05, 0.1) is 18.6 Å². The minimum Gasteiger partial charge on any atom is -0.494 e. The van der Waals surface area contributed by atoms with E-state index in [1.165, 1.54) is 0 Å². The number of anilines is 2. The lowest BCUT2D eigenvalue weighted by Gasteiger charge is -2.25. The van der Waals surface area contributed by atoms with Gasteiger partial charge >= 0.3 is 0 Å². The first-order valence-corrected chi connectivity index (χ1v) is 10.3. The lowest BCUT2D eigenvalue weighted by Crippen LogP contribution is -2.42. The molecule has 1 heterocycles. The fourth-order valence-corrected chi connectivity index (χ4v) is 3.94. The molecule has 0 aliphatic carbocycles. The van der Waals surface area contributed by atoms with Crippen LogP contribution in [0.4, 0.5) is 11.4 Å². The van der Waals surface area contributed by atoms with Crippen molar-refractivity contribution < 1.29 is 17.9 Å². The maximum Gasteiger partial charge on any atom is 0.247 e. The Morgan fingerprint density at radius 3 is 2.69 bits per heavy atom. The number of hydrogen-bond donors (Lipinski definition) is 0. The number of hydrogen-bond acceptors (Lipinski definition) is 4. The van der Waals surface area contributed by atoms with E-state index in [1.54, 1.807) is 29.2 Å². The molecule has 1 amide bonds. The van der Waals surface area contributed by atoms with Gasteiger partial charge in [-0.1, -0.05) is 24.3 Å². The third-order valence-corrected chi connectivity index (χ3v) is 5.42. The van der Waals surface area contributed by atoms with Crippen molar-refractivity contribution in [2.75, 3.05) is 35.2 Å². The second kappa shape index (κ2) is 7.37. The summed E-state index contributed by atoms with van der Waals surface area (Å²) in [5, 5.41) is 0. The smallest absolute Gasteiger partial charge is 0.247 e. The summed E-state index contributed by atoms with van der Waals surface area (Å²) < 4.78 is 31.2. The largest absolute Gasteiger partial charge is 0.494 e. The van der Waals surface area contributed by atoms with Crippen molar-refractivity contribution in [3.05, 3.63) is 54.1 Å². The van der Waals surface area contributed by atoms with E-state index in [2.05, 4.69) is 0 Å². The summed E-state index contributed by atoms with van der Waals surface area (Å²) in [4.78, 5) is 14.5. The van der Waals surface area contributed by atoms with Gasteiger partial charge in [0.25, 0.3) is 0 Å². The summed E-state index contributed by atoms with van der Waals surface area (Å²) in [6.07, 6.45) is 1.88. The molecule has 0 spiro atoms. The number of carbonyl (C=O) groups is 1. The molecule has 0 radical (unpaired) electrons. The maximum absolute atomic E-state index is 12.8. The van der Waals surface area contributed by atoms with Crippen LogP contribution in [0.5, 0.6) is 5.75 Å². The number of nitrogens with zero attached hydrogens (tertiary/aromatic N) is 2. The maximum atomic E-state index is 12.8. The molecule has 138 valence electrons. The van der Waals surface area contributed by atoms with Crippen molar-refractivity contribution in [3.63, 3.8) is 0 Å². The van der Waals surface area contributed by atoms with E-state index in [1.807, 2.05) is 31.2 Å². The molecule has 0 atom stereocenters. The first-order chi connectivity index (χ1) is 12.4. The Labute approximate surface area is 154 Å². The van der Waals surface area contributed by atoms with Crippen LogP contribution in [0.15, 0.2) is 48.5 Å². The molecular formula is C19H22N2O4S. The lowest BCUT2D eigenvalue weighted by molar-refractivity contribution is -0.117. The third-order valence-electron chi connectivity index (χ3n) is 4.28. The van der Waals surface area contributed by atoms with E-state index < -0.39 is 10.0 Å². The number of amides is 1. The van der Waals surface area contributed by atoms with Gasteiger partial charge in [0.1, 0.15) is 12.3 Å². The zero-order chi connectivity index (χ0) is 18.7. The highest BCUT2D eigenvalue weighted by atomic mass is 32.2. The Morgan fingerprint density at radius 2 is 1.96 bits per heavy atom. The number of ether oxygens (including phenoxy) is 1. The van der Waals surface area contributed by atoms with Crippen molar-refractivity contribution in [2.45, 2.75) is 13.3 Å². The van der Waals surface area contributed by atoms with Gasteiger partial charge in [-0.15, -0.1) is 0 Å². The highest BCUT2D eigenvalue weighted by Crippen LogP contribution is 2.29. The summed E-state index contributed by atoms with van der Waals surface area (Å²) in [7, 11) is -3.62. The molecule has 2 aromatic carbocycles. The van der Waals surface area contributed by atoms with Crippen LogP contribution in [0.3, 0.4) is 0 Å². The SMILES string of the molecule is CCOc1cccc(N(CC(=O)N2CCc3ccccc32)S(C)(=O)=O)c1. The Kier molecular flexibility index (Phi) is 5.18. The van der Waals surface area contributed by atoms with Gasteiger partial charge < -0.3 is 9.64 Å². The van der Waals surface area contributed by atoms with Crippen LogP contribution in [-0.4, -0.2) is 40.3 Å².